The van der Waals surface area contributed by atoms with Crippen LogP contribution in [-0.4, -0.2) is 39.2 Å². The Morgan fingerprint density at radius 2 is 2.04 bits per heavy atom. The van der Waals surface area contributed by atoms with Gasteiger partial charge < -0.3 is 9.84 Å². The lowest BCUT2D eigenvalue weighted by Crippen LogP contribution is -2.49. The van der Waals surface area contributed by atoms with Crippen molar-refractivity contribution in [2.45, 2.75) is 44.5 Å². The summed E-state index contributed by atoms with van der Waals surface area (Å²) in [5.74, 6) is -1.85. The zero-order valence-corrected chi connectivity index (χ0v) is 13.6. The first-order valence-electron chi connectivity index (χ1n) is 7.86. The van der Waals surface area contributed by atoms with Gasteiger partial charge in [-0.05, 0) is 32.4 Å². The highest BCUT2D eigenvalue weighted by molar-refractivity contribution is 6.22. The standard InChI is InChI=1S/C17H17N3O4/c1-8-4-11(19-7-9(8)6-18)20-14(22)12-13(15(20)23)17(3)10(21)5-16(12,2)24-17/h4,7,10,12-13,21H,5H2,1-3H3/t10-,12+,13-,16?,17?/m0/s1. The molecule has 4 rings (SSSR count). The number of anilines is 1. The molecule has 0 saturated carbocycles. The third-order valence-corrected chi connectivity index (χ3v) is 5.74. The summed E-state index contributed by atoms with van der Waals surface area (Å²) in [5, 5.41) is 19.3. The molecule has 1 aromatic rings. The number of carbonyl (C=O) groups is 2. The molecule has 2 bridgehead atoms. The van der Waals surface area contributed by atoms with Gasteiger partial charge in [0.05, 0.1) is 29.1 Å². The summed E-state index contributed by atoms with van der Waals surface area (Å²) in [6, 6.07) is 3.58. The van der Waals surface area contributed by atoms with E-state index in [2.05, 4.69) is 4.98 Å². The van der Waals surface area contributed by atoms with Gasteiger partial charge in [-0.15, -0.1) is 0 Å². The second-order valence-electron chi connectivity index (χ2n) is 7.25. The number of aliphatic hydroxyl groups is 1. The summed E-state index contributed by atoms with van der Waals surface area (Å²) >= 11 is 0. The number of fused-ring (bicyclic) bond motifs is 5. The number of imide groups is 1. The molecule has 7 heteroatoms. The molecule has 3 fully saturated rings. The molecule has 5 atom stereocenters. The van der Waals surface area contributed by atoms with E-state index in [1.807, 2.05) is 6.07 Å². The quantitative estimate of drug-likeness (QED) is 0.761. The number of nitrogens with zero attached hydrogens (tertiary/aromatic N) is 3. The van der Waals surface area contributed by atoms with Crippen LogP contribution in [0.15, 0.2) is 12.3 Å². The maximum Gasteiger partial charge on any atom is 0.242 e. The van der Waals surface area contributed by atoms with Gasteiger partial charge in [0.15, 0.2) is 0 Å². The molecule has 3 aliphatic rings. The number of amides is 2. The van der Waals surface area contributed by atoms with E-state index in [1.165, 1.54) is 6.20 Å². The smallest absolute Gasteiger partial charge is 0.242 e. The Kier molecular flexibility index (Phi) is 2.80. The zero-order valence-electron chi connectivity index (χ0n) is 13.6. The van der Waals surface area contributed by atoms with Crippen LogP contribution in [0.4, 0.5) is 5.82 Å². The van der Waals surface area contributed by atoms with Crippen LogP contribution in [0, 0.1) is 30.1 Å². The maximum absolute atomic E-state index is 13.0. The number of hydrogen-bond acceptors (Lipinski definition) is 6. The van der Waals surface area contributed by atoms with Gasteiger partial charge in [-0.2, -0.15) is 5.26 Å². The Balaban J connectivity index is 1.79. The van der Waals surface area contributed by atoms with E-state index in [-0.39, 0.29) is 11.7 Å². The van der Waals surface area contributed by atoms with Crippen LogP contribution in [0.25, 0.3) is 0 Å². The van der Waals surface area contributed by atoms with Gasteiger partial charge in [0.1, 0.15) is 17.5 Å². The highest BCUT2D eigenvalue weighted by Crippen LogP contribution is 2.60. The highest BCUT2D eigenvalue weighted by atomic mass is 16.6. The fraction of sp³-hybridized carbons (Fsp3) is 0.529. The van der Waals surface area contributed by atoms with E-state index in [4.69, 9.17) is 10.00 Å². The monoisotopic (exact) mass is 327 g/mol. The normalized spacial score (nSPS) is 40.1. The average Bonchev–Trinajstić information content (AvgIpc) is 3.01. The minimum atomic E-state index is -1.05. The van der Waals surface area contributed by atoms with E-state index in [1.54, 1.807) is 26.8 Å². The van der Waals surface area contributed by atoms with Crippen molar-refractivity contribution in [2.75, 3.05) is 4.90 Å². The van der Waals surface area contributed by atoms with Gasteiger partial charge in [-0.3, -0.25) is 9.59 Å². The minimum absolute atomic E-state index is 0.219. The van der Waals surface area contributed by atoms with Gasteiger partial charge in [0.2, 0.25) is 11.8 Å². The third kappa shape index (κ3) is 1.60. The van der Waals surface area contributed by atoms with E-state index in [0.717, 1.165) is 4.90 Å². The first-order chi connectivity index (χ1) is 11.2. The van der Waals surface area contributed by atoms with Crippen molar-refractivity contribution >= 4 is 17.6 Å². The number of hydrogen-bond donors (Lipinski definition) is 1. The Bertz CT molecular complexity index is 832. The van der Waals surface area contributed by atoms with Crippen LogP contribution >= 0.6 is 0 Å². The van der Waals surface area contributed by atoms with Crippen molar-refractivity contribution in [2.24, 2.45) is 11.8 Å². The van der Waals surface area contributed by atoms with Gasteiger partial charge in [0.25, 0.3) is 0 Å². The number of aryl methyl sites for hydroxylation is 1. The fourth-order valence-electron chi connectivity index (χ4n) is 4.53. The summed E-state index contributed by atoms with van der Waals surface area (Å²) in [5.41, 5.74) is -0.850. The van der Waals surface area contributed by atoms with Crippen molar-refractivity contribution in [1.82, 2.24) is 4.98 Å². The molecule has 4 heterocycles. The predicted molar refractivity (Wildman–Crippen MR) is 81.7 cm³/mol. The summed E-state index contributed by atoms with van der Waals surface area (Å²) in [7, 11) is 0. The molecule has 0 spiro atoms. The molecular formula is C17H17N3O4. The SMILES string of the molecule is Cc1cc(N2C(=O)[C@@H]3[C@H](C2=O)C2(C)C[C@H](O)C3(C)O2)ncc1C#N. The second-order valence-corrected chi connectivity index (χ2v) is 7.25. The van der Waals surface area contributed by atoms with E-state index in [0.29, 0.717) is 17.5 Å². The van der Waals surface area contributed by atoms with E-state index < -0.39 is 35.0 Å². The Labute approximate surface area is 138 Å². The van der Waals surface area contributed by atoms with Crippen molar-refractivity contribution < 1.29 is 19.4 Å². The van der Waals surface area contributed by atoms with Gasteiger partial charge in [-0.1, -0.05) is 0 Å². The number of aromatic nitrogens is 1. The molecule has 124 valence electrons. The molecule has 0 aromatic carbocycles. The van der Waals surface area contributed by atoms with Crippen molar-refractivity contribution in [3.8, 4) is 6.07 Å². The average molecular weight is 327 g/mol. The number of ether oxygens (including phenoxy) is 1. The van der Waals surface area contributed by atoms with Crippen LogP contribution in [0.3, 0.4) is 0 Å². The van der Waals surface area contributed by atoms with Crippen molar-refractivity contribution in [3.05, 3.63) is 23.4 Å². The molecule has 1 N–H and O–H groups in total. The number of carbonyl (C=O) groups excluding carboxylic acids is 2. The Morgan fingerprint density at radius 3 is 2.67 bits per heavy atom. The summed E-state index contributed by atoms with van der Waals surface area (Å²) < 4.78 is 5.93. The number of nitriles is 1. The predicted octanol–water partition coefficient (Wildman–Crippen LogP) is 0.679. The zero-order chi connectivity index (χ0) is 17.4. The summed E-state index contributed by atoms with van der Waals surface area (Å²) in [6.07, 6.45) is 0.913. The molecule has 24 heavy (non-hydrogen) atoms. The highest BCUT2D eigenvalue weighted by Gasteiger charge is 2.75. The second kappa shape index (κ2) is 4.41. The van der Waals surface area contributed by atoms with Crippen LogP contribution < -0.4 is 4.90 Å². The molecule has 2 unspecified atom stereocenters. The first kappa shape index (κ1) is 15.2. The Hall–Kier alpha value is -2.30. The number of rotatable bonds is 1. The third-order valence-electron chi connectivity index (χ3n) is 5.74. The van der Waals surface area contributed by atoms with E-state index >= 15 is 0 Å². The Morgan fingerprint density at radius 1 is 1.38 bits per heavy atom. The van der Waals surface area contributed by atoms with Crippen molar-refractivity contribution in [1.29, 1.82) is 5.26 Å². The summed E-state index contributed by atoms with van der Waals surface area (Å²) in [6.45, 7) is 5.20. The molecule has 3 saturated heterocycles. The van der Waals surface area contributed by atoms with Crippen LogP contribution in [-0.2, 0) is 14.3 Å². The molecule has 3 aliphatic heterocycles. The largest absolute Gasteiger partial charge is 0.390 e. The lowest BCUT2D eigenvalue weighted by atomic mass is 9.67. The molecule has 2 amide bonds. The van der Waals surface area contributed by atoms with Gasteiger partial charge >= 0.3 is 0 Å². The number of aliphatic hydroxyl groups excluding tert-OH is 1. The topological polar surface area (TPSA) is 104 Å². The number of pyridine rings is 1. The first-order valence-corrected chi connectivity index (χ1v) is 7.86. The molecule has 1 aromatic heterocycles. The lowest BCUT2D eigenvalue weighted by molar-refractivity contribution is -0.132. The lowest BCUT2D eigenvalue weighted by Gasteiger charge is -2.31. The molecule has 0 radical (unpaired) electrons. The van der Waals surface area contributed by atoms with E-state index in [9.17, 15) is 14.7 Å². The van der Waals surface area contributed by atoms with Gasteiger partial charge in [-0.25, -0.2) is 9.88 Å². The molecule has 0 aliphatic carbocycles. The molecular weight excluding hydrogens is 310 g/mol. The molecule has 7 nitrogen and oxygen atoms in total. The minimum Gasteiger partial charge on any atom is -0.390 e. The fourth-order valence-corrected chi connectivity index (χ4v) is 4.53. The van der Waals surface area contributed by atoms with Crippen molar-refractivity contribution in [3.63, 3.8) is 0 Å². The summed E-state index contributed by atoms with van der Waals surface area (Å²) in [4.78, 5) is 31.1. The maximum atomic E-state index is 13.0. The van der Waals surface area contributed by atoms with Gasteiger partial charge in [0, 0.05) is 12.6 Å². The van der Waals surface area contributed by atoms with Crippen LogP contribution in [0.2, 0.25) is 0 Å². The van der Waals surface area contributed by atoms with Crippen LogP contribution in [0.5, 0.6) is 0 Å². The van der Waals surface area contributed by atoms with Crippen LogP contribution in [0.1, 0.15) is 31.4 Å².